The van der Waals surface area contributed by atoms with Crippen LogP contribution in [0.25, 0.3) is 0 Å². The van der Waals surface area contributed by atoms with E-state index in [9.17, 15) is 0 Å². The number of anilines is 1. The lowest BCUT2D eigenvalue weighted by Crippen LogP contribution is -2.54. The van der Waals surface area contributed by atoms with Gasteiger partial charge < -0.3 is 10.2 Å². The number of nitrogens with zero attached hydrogens (tertiary/aromatic N) is 1. The van der Waals surface area contributed by atoms with E-state index < -0.39 is 0 Å². The molecule has 1 saturated carbocycles. The number of hydrogen-bond donors (Lipinski definition) is 1. The van der Waals surface area contributed by atoms with E-state index in [1.807, 2.05) is 0 Å². The summed E-state index contributed by atoms with van der Waals surface area (Å²) in [6.45, 7) is 5.65. The fraction of sp³-hybridized carbons (Fsp3) is 0.647. The zero-order chi connectivity index (χ0) is 13.1. The number of hydrogen-bond acceptors (Lipinski definition) is 2. The maximum Gasteiger partial charge on any atom is 0.0369 e. The van der Waals surface area contributed by atoms with Crippen molar-refractivity contribution in [1.29, 1.82) is 0 Å². The van der Waals surface area contributed by atoms with Crippen LogP contribution in [0.2, 0.25) is 0 Å². The van der Waals surface area contributed by atoms with Crippen molar-refractivity contribution >= 4 is 5.69 Å². The predicted octanol–water partition coefficient (Wildman–Crippen LogP) is 3.35. The van der Waals surface area contributed by atoms with Gasteiger partial charge in [-0.05, 0) is 43.4 Å². The molecule has 1 unspecified atom stereocenters. The highest BCUT2D eigenvalue weighted by Crippen LogP contribution is 2.29. The van der Waals surface area contributed by atoms with Crippen molar-refractivity contribution < 1.29 is 0 Å². The summed E-state index contributed by atoms with van der Waals surface area (Å²) in [6, 6.07) is 9.65. The Hall–Kier alpha value is -1.02. The highest BCUT2D eigenvalue weighted by atomic mass is 15.2. The van der Waals surface area contributed by atoms with Gasteiger partial charge in [-0.3, -0.25) is 0 Å². The number of rotatable bonds is 2. The molecule has 0 radical (unpaired) electrons. The molecule has 2 aliphatic rings. The third kappa shape index (κ3) is 3.11. The van der Waals surface area contributed by atoms with Crippen LogP contribution in [0.15, 0.2) is 24.3 Å². The van der Waals surface area contributed by atoms with Crippen molar-refractivity contribution in [2.45, 2.75) is 45.1 Å². The molecule has 1 N–H and O–H groups in total. The molecule has 1 aliphatic carbocycles. The van der Waals surface area contributed by atoms with Gasteiger partial charge in [0.05, 0.1) is 0 Å². The van der Waals surface area contributed by atoms with E-state index in [-0.39, 0.29) is 0 Å². The lowest BCUT2D eigenvalue weighted by molar-refractivity contribution is 0.257. The SMILES string of the molecule is Cc1cccc(N2CCNC(C3CCCCC3)C2)c1. The lowest BCUT2D eigenvalue weighted by atomic mass is 9.83. The van der Waals surface area contributed by atoms with Gasteiger partial charge in [-0.1, -0.05) is 31.4 Å². The number of benzene rings is 1. The van der Waals surface area contributed by atoms with Crippen LogP contribution in [0.5, 0.6) is 0 Å². The van der Waals surface area contributed by atoms with E-state index in [4.69, 9.17) is 0 Å². The van der Waals surface area contributed by atoms with E-state index in [0.29, 0.717) is 6.04 Å². The second-order valence-electron chi connectivity index (χ2n) is 6.24. The Morgan fingerprint density at radius 2 is 2.00 bits per heavy atom. The Morgan fingerprint density at radius 3 is 2.79 bits per heavy atom. The van der Waals surface area contributed by atoms with Gasteiger partial charge in [0.15, 0.2) is 0 Å². The minimum atomic E-state index is 0.703. The summed E-state index contributed by atoms with van der Waals surface area (Å²) in [5.41, 5.74) is 2.77. The molecule has 0 aromatic heterocycles. The molecule has 1 aliphatic heterocycles. The second kappa shape index (κ2) is 5.96. The zero-order valence-corrected chi connectivity index (χ0v) is 12.1. The molecule has 0 amide bonds. The van der Waals surface area contributed by atoms with Crippen LogP contribution in [-0.4, -0.2) is 25.7 Å². The molecular formula is C17H26N2. The number of aryl methyl sites for hydroxylation is 1. The van der Waals surface area contributed by atoms with Gasteiger partial charge in [-0.25, -0.2) is 0 Å². The maximum absolute atomic E-state index is 3.76. The van der Waals surface area contributed by atoms with Crippen molar-refractivity contribution in [2.24, 2.45) is 5.92 Å². The summed E-state index contributed by atoms with van der Waals surface area (Å²) in [6.07, 6.45) is 7.18. The molecule has 0 bridgehead atoms. The van der Waals surface area contributed by atoms with Gasteiger partial charge >= 0.3 is 0 Å². The van der Waals surface area contributed by atoms with E-state index in [0.717, 1.165) is 19.0 Å². The Bertz CT molecular complexity index is 409. The first-order valence-corrected chi connectivity index (χ1v) is 7.88. The van der Waals surface area contributed by atoms with E-state index >= 15 is 0 Å². The Balaban J connectivity index is 1.67. The second-order valence-corrected chi connectivity index (χ2v) is 6.24. The Kier molecular flexibility index (Phi) is 4.07. The van der Waals surface area contributed by atoms with Gasteiger partial charge in [-0.2, -0.15) is 0 Å². The molecule has 3 rings (SSSR count). The molecule has 1 atom stereocenters. The van der Waals surface area contributed by atoms with Crippen LogP contribution in [-0.2, 0) is 0 Å². The van der Waals surface area contributed by atoms with Crippen LogP contribution in [0.1, 0.15) is 37.7 Å². The van der Waals surface area contributed by atoms with Crippen LogP contribution >= 0.6 is 0 Å². The third-order valence-corrected chi connectivity index (χ3v) is 4.79. The van der Waals surface area contributed by atoms with Gasteiger partial charge in [0, 0.05) is 31.4 Å². The van der Waals surface area contributed by atoms with Crippen molar-refractivity contribution in [3.63, 3.8) is 0 Å². The smallest absolute Gasteiger partial charge is 0.0369 e. The Labute approximate surface area is 117 Å². The minimum absolute atomic E-state index is 0.703. The first kappa shape index (κ1) is 13.0. The topological polar surface area (TPSA) is 15.3 Å². The molecule has 2 heteroatoms. The van der Waals surface area contributed by atoms with Crippen molar-refractivity contribution in [2.75, 3.05) is 24.5 Å². The predicted molar refractivity (Wildman–Crippen MR) is 81.8 cm³/mol. The summed E-state index contributed by atoms with van der Waals surface area (Å²) in [7, 11) is 0. The first-order chi connectivity index (χ1) is 9.33. The standard InChI is InChI=1S/C17H26N2/c1-14-6-5-9-16(12-14)19-11-10-18-17(13-19)15-7-3-2-4-8-15/h5-6,9,12,15,17-18H,2-4,7-8,10-11,13H2,1H3. The highest BCUT2D eigenvalue weighted by Gasteiger charge is 2.27. The molecule has 1 heterocycles. The zero-order valence-electron chi connectivity index (χ0n) is 12.1. The van der Waals surface area contributed by atoms with E-state index in [1.54, 1.807) is 0 Å². The molecule has 104 valence electrons. The fourth-order valence-electron chi connectivity index (χ4n) is 3.69. The first-order valence-electron chi connectivity index (χ1n) is 7.88. The number of piperazine rings is 1. The van der Waals surface area contributed by atoms with Crippen molar-refractivity contribution in [1.82, 2.24) is 5.32 Å². The van der Waals surface area contributed by atoms with Gasteiger partial charge in [0.25, 0.3) is 0 Å². The largest absolute Gasteiger partial charge is 0.369 e. The maximum atomic E-state index is 3.76. The van der Waals surface area contributed by atoms with Gasteiger partial charge in [0.2, 0.25) is 0 Å². The summed E-state index contributed by atoms with van der Waals surface area (Å²) in [4.78, 5) is 2.57. The van der Waals surface area contributed by atoms with Crippen LogP contribution in [0.4, 0.5) is 5.69 Å². The minimum Gasteiger partial charge on any atom is -0.369 e. The van der Waals surface area contributed by atoms with Gasteiger partial charge in [0.1, 0.15) is 0 Å². The highest BCUT2D eigenvalue weighted by molar-refractivity contribution is 5.49. The molecule has 1 aromatic rings. The molecule has 1 saturated heterocycles. The summed E-state index contributed by atoms with van der Waals surface area (Å²) in [5, 5.41) is 3.76. The monoisotopic (exact) mass is 258 g/mol. The van der Waals surface area contributed by atoms with Crippen molar-refractivity contribution in [3.8, 4) is 0 Å². The van der Waals surface area contributed by atoms with Crippen LogP contribution in [0.3, 0.4) is 0 Å². The average Bonchev–Trinajstić information content (AvgIpc) is 2.48. The average molecular weight is 258 g/mol. The molecule has 1 aromatic carbocycles. The third-order valence-electron chi connectivity index (χ3n) is 4.79. The summed E-state index contributed by atoms with van der Waals surface area (Å²) < 4.78 is 0. The number of nitrogens with one attached hydrogen (secondary N) is 1. The lowest BCUT2D eigenvalue weighted by Gasteiger charge is -2.40. The quantitative estimate of drug-likeness (QED) is 0.875. The van der Waals surface area contributed by atoms with Crippen molar-refractivity contribution in [3.05, 3.63) is 29.8 Å². The van der Waals surface area contributed by atoms with Crippen LogP contribution in [0, 0.1) is 12.8 Å². The van der Waals surface area contributed by atoms with Gasteiger partial charge in [-0.15, -0.1) is 0 Å². The van der Waals surface area contributed by atoms with E-state index in [1.165, 1.54) is 49.9 Å². The molecule has 2 fully saturated rings. The fourth-order valence-corrected chi connectivity index (χ4v) is 3.69. The molecule has 0 spiro atoms. The van der Waals surface area contributed by atoms with Crippen LogP contribution < -0.4 is 10.2 Å². The van der Waals surface area contributed by atoms with E-state index in [2.05, 4.69) is 41.4 Å². The molecule has 2 nitrogen and oxygen atoms in total. The summed E-state index contributed by atoms with van der Waals surface area (Å²) >= 11 is 0. The Morgan fingerprint density at radius 1 is 1.16 bits per heavy atom. The molecule has 19 heavy (non-hydrogen) atoms. The summed E-state index contributed by atoms with van der Waals surface area (Å²) in [5.74, 6) is 0.904. The normalized spacial score (nSPS) is 25.5. The molecular weight excluding hydrogens is 232 g/mol.